The number of carbonyl (C=O) groups excluding carboxylic acids is 1. The Balaban J connectivity index is 0.00000400. The van der Waals surface area contributed by atoms with Crippen LogP contribution in [0.4, 0.5) is 0 Å². The van der Waals surface area contributed by atoms with Gasteiger partial charge in [0.2, 0.25) is 5.75 Å². The molecule has 0 bridgehead atoms. The van der Waals surface area contributed by atoms with Gasteiger partial charge in [-0.2, -0.15) is 8.75 Å². The molecule has 9 nitrogen and oxygen atoms in total. The molecule has 0 unspecified atom stereocenters. The second kappa shape index (κ2) is 12.9. The standard InChI is InChI=1S/C27H24N2O7S.Na.H/c1-33-18-8-5-16(6-9-18)25(30)19(11-15-12-22(34-2)26(36-4)23(13-15)35-3)24(27(31)32)17-7-10-20-21(14-17)29-37-28-20;;/h5-10,12-14H,11H2,1-4H3,(H,31,32);;. The van der Waals surface area contributed by atoms with Gasteiger partial charge in [-0.25, -0.2) is 4.79 Å². The van der Waals surface area contributed by atoms with Gasteiger partial charge in [-0.3, -0.25) is 4.79 Å². The molecule has 0 radical (unpaired) electrons. The van der Waals surface area contributed by atoms with Gasteiger partial charge >= 0.3 is 35.5 Å². The molecule has 11 heteroatoms. The molecule has 4 aromatic rings. The minimum absolute atomic E-state index is 0. The fourth-order valence-electron chi connectivity index (χ4n) is 4.00. The molecule has 192 valence electrons. The van der Waals surface area contributed by atoms with Crippen molar-refractivity contribution in [3.8, 4) is 23.0 Å². The van der Waals surface area contributed by atoms with Crippen molar-refractivity contribution in [3.63, 3.8) is 0 Å². The molecule has 3 aromatic carbocycles. The third kappa shape index (κ3) is 5.99. The molecule has 0 aliphatic rings. The number of allylic oxidation sites excluding steroid dienone is 1. The van der Waals surface area contributed by atoms with E-state index in [4.69, 9.17) is 18.9 Å². The Kier molecular flexibility index (Phi) is 9.87. The Hall–Kier alpha value is -3.44. The number of fused-ring (bicyclic) bond motifs is 1. The van der Waals surface area contributed by atoms with Crippen molar-refractivity contribution in [3.05, 3.63) is 76.9 Å². The number of carboxylic acids is 1. The van der Waals surface area contributed by atoms with Crippen LogP contribution in [0.15, 0.2) is 60.2 Å². The van der Waals surface area contributed by atoms with Gasteiger partial charge < -0.3 is 24.1 Å². The van der Waals surface area contributed by atoms with E-state index in [2.05, 4.69) is 8.75 Å². The SMILES string of the molecule is COc1ccc(C(=O)C(Cc2cc(OC)c(OC)c(OC)c2)=C(C(=O)O)c2ccc3nsnc3c2)cc1.[NaH]. The summed E-state index contributed by atoms with van der Waals surface area (Å²) in [4.78, 5) is 26.5. The number of hydrogen-bond acceptors (Lipinski definition) is 9. The van der Waals surface area contributed by atoms with Crippen molar-refractivity contribution in [2.45, 2.75) is 6.42 Å². The molecule has 0 saturated heterocycles. The minimum atomic E-state index is -1.24. The van der Waals surface area contributed by atoms with Gasteiger partial charge in [-0.05, 0) is 59.7 Å². The van der Waals surface area contributed by atoms with E-state index in [1.54, 1.807) is 54.6 Å². The first-order valence-corrected chi connectivity index (χ1v) is 11.8. The van der Waals surface area contributed by atoms with E-state index >= 15 is 0 Å². The Morgan fingerprint density at radius 1 is 0.789 bits per heavy atom. The Bertz CT molecular complexity index is 1470. The molecule has 1 heterocycles. The zero-order valence-corrected chi connectivity index (χ0v) is 21.4. The zero-order chi connectivity index (χ0) is 26.5. The van der Waals surface area contributed by atoms with E-state index in [1.165, 1.54) is 28.4 Å². The van der Waals surface area contributed by atoms with Gasteiger partial charge in [0.1, 0.15) is 16.8 Å². The number of carbonyl (C=O) groups is 2. The Labute approximate surface area is 245 Å². The number of methoxy groups -OCH3 is 4. The molecule has 0 spiro atoms. The number of hydrogen-bond donors (Lipinski definition) is 1. The fraction of sp³-hybridized carbons (Fsp3) is 0.185. The summed E-state index contributed by atoms with van der Waals surface area (Å²) in [7, 11) is 5.99. The first kappa shape index (κ1) is 29.1. The summed E-state index contributed by atoms with van der Waals surface area (Å²) in [6.45, 7) is 0. The van der Waals surface area contributed by atoms with Crippen LogP contribution < -0.4 is 18.9 Å². The number of ketones is 1. The van der Waals surface area contributed by atoms with Crippen molar-refractivity contribution < 1.29 is 33.6 Å². The van der Waals surface area contributed by atoms with Crippen LogP contribution in [-0.2, 0) is 11.2 Å². The van der Waals surface area contributed by atoms with Crippen LogP contribution in [0, 0.1) is 0 Å². The Morgan fingerprint density at radius 3 is 1.95 bits per heavy atom. The summed E-state index contributed by atoms with van der Waals surface area (Å²) in [6, 6.07) is 14.8. The van der Waals surface area contributed by atoms with Crippen molar-refractivity contribution in [1.82, 2.24) is 8.75 Å². The second-order valence-electron chi connectivity index (χ2n) is 7.89. The van der Waals surface area contributed by atoms with Crippen LogP contribution in [0.25, 0.3) is 16.6 Å². The van der Waals surface area contributed by atoms with E-state index < -0.39 is 11.8 Å². The van der Waals surface area contributed by atoms with Crippen molar-refractivity contribution in [2.24, 2.45) is 0 Å². The molecule has 1 aromatic heterocycles. The average Bonchev–Trinajstić information content (AvgIpc) is 3.39. The molecule has 0 fully saturated rings. The van der Waals surface area contributed by atoms with Gasteiger partial charge in [0, 0.05) is 17.6 Å². The molecule has 0 aliphatic carbocycles. The summed E-state index contributed by atoms with van der Waals surface area (Å²) in [5.41, 5.74) is 2.40. The number of carboxylic acid groups (broad SMARTS) is 1. The number of ether oxygens (including phenoxy) is 4. The Morgan fingerprint density at radius 2 is 1.39 bits per heavy atom. The van der Waals surface area contributed by atoms with Crippen molar-refractivity contribution in [2.75, 3.05) is 28.4 Å². The van der Waals surface area contributed by atoms with Crippen LogP contribution in [0.3, 0.4) is 0 Å². The fourth-order valence-corrected chi connectivity index (χ4v) is 4.52. The first-order chi connectivity index (χ1) is 17.9. The monoisotopic (exact) mass is 544 g/mol. The summed E-state index contributed by atoms with van der Waals surface area (Å²) in [5.74, 6) is 0.0596. The van der Waals surface area contributed by atoms with E-state index in [-0.39, 0.29) is 47.1 Å². The molecule has 0 aliphatic heterocycles. The normalized spacial score (nSPS) is 11.3. The second-order valence-corrected chi connectivity index (χ2v) is 8.42. The molecule has 0 saturated carbocycles. The summed E-state index contributed by atoms with van der Waals surface area (Å²) in [6.07, 6.45) is -0.0173. The molecule has 1 N–H and O–H groups in total. The van der Waals surface area contributed by atoms with E-state index in [0.717, 1.165) is 11.7 Å². The molecule has 0 atom stereocenters. The molecular formula is C27H25N2NaO7S. The van der Waals surface area contributed by atoms with Gasteiger partial charge in [-0.1, -0.05) is 6.07 Å². The maximum absolute atomic E-state index is 13.8. The molecular weight excluding hydrogens is 519 g/mol. The van der Waals surface area contributed by atoms with Gasteiger partial charge in [0.25, 0.3) is 0 Å². The number of benzene rings is 3. The van der Waals surface area contributed by atoms with Gasteiger partial charge in [0.15, 0.2) is 17.3 Å². The number of rotatable bonds is 10. The third-order valence-electron chi connectivity index (χ3n) is 5.79. The summed E-state index contributed by atoms with van der Waals surface area (Å²) in [5, 5.41) is 10.3. The molecule has 4 rings (SSSR count). The number of aromatic nitrogens is 2. The number of nitrogens with zero attached hydrogens (tertiary/aromatic N) is 2. The van der Waals surface area contributed by atoms with Gasteiger partial charge in [0.05, 0.1) is 45.7 Å². The van der Waals surface area contributed by atoms with E-state index in [9.17, 15) is 14.7 Å². The molecule has 0 amide bonds. The predicted octanol–water partition coefficient (Wildman–Crippen LogP) is 4.04. The number of Topliss-reactive ketones (excluding diaryl/α,β-unsaturated/α-hetero) is 1. The molecule has 38 heavy (non-hydrogen) atoms. The maximum atomic E-state index is 13.8. The van der Waals surface area contributed by atoms with Crippen LogP contribution in [-0.4, -0.2) is 83.6 Å². The first-order valence-electron chi connectivity index (χ1n) is 11.1. The van der Waals surface area contributed by atoms with Crippen LogP contribution >= 0.6 is 11.7 Å². The average molecular weight is 545 g/mol. The topological polar surface area (TPSA) is 117 Å². The number of aliphatic carboxylic acids is 1. The van der Waals surface area contributed by atoms with E-state index in [1.807, 2.05) is 0 Å². The summed E-state index contributed by atoms with van der Waals surface area (Å²) < 4.78 is 29.9. The van der Waals surface area contributed by atoms with Crippen LogP contribution in [0.5, 0.6) is 23.0 Å². The zero-order valence-electron chi connectivity index (χ0n) is 20.6. The summed E-state index contributed by atoms with van der Waals surface area (Å²) >= 11 is 1.03. The van der Waals surface area contributed by atoms with E-state index in [0.29, 0.717) is 50.7 Å². The van der Waals surface area contributed by atoms with Crippen LogP contribution in [0.2, 0.25) is 0 Å². The predicted molar refractivity (Wildman–Crippen MR) is 146 cm³/mol. The van der Waals surface area contributed by atoms with Crippen molar-refractivity contribution in [1.29, 1.82) is 0 Å². The van der Waals surface area contributed by atoms with Crippen molar-refractivity contribution >= 4 is 69.6 Å². The van der Waals surface area contributed by atoms with Crippen LogP contribution in [0.1, 0.15) is 21.5 Å². The van der Waals surface area contributed by atoms with Gasteiger partial charge in [-0.15, -0.1) is 0 Å². The quantitative estimate of drug-likeness (QED) is 0.179. The third-order valence-corrected chi connectivity index (χ3v) is 6.35.